The van der Waals surface area contributed by atoms with Gasteiger partial charge in [-0.3, -0.25) is 5.32 Å². The minimum Gasteiger partial charge on any atom is -0.261 e. The summed E-state index contributed by atoms with van der Waals surface area (Å²) < 4.78 is 0. The third kappa shape index (κ3) is 0.878. The second kappa shape index (κ2) is 2.33. The molecule has 1 nitrogen and oxygen atoms in total. The van der Waals surface area contributed by atoms with Crippen molar-refractivity contribution in [3.05, 3.63) is 35.7 Å². The standard InChI is InChI=1S/C9H10N/c1-2-6-9-8(4-1)5-3-7-10-9/h1,3-4,7H,2,5-6H2. The van der Waals surface area contributed by atoms with E-state index in [0.29, 0.717) is 0 Å². The number of allylic oxidation sites excluding steroid dienone is 5. The van der Waals surface area contributed by atoms with Gasteiger partial charge in [-0.15, -0.1) is 0 Å². The predicted octanol–water partition coefficient (Wildman–Crippen LogP) is 2.11. The minimum atomic E-state index is 1.08. The third-order valence-corrected chi connectivity index (χ3v) is 1.91. The molecule has 10 heavy (non-hydrogen) atoms. The predicted molar refractivity (Wildman–Crippen MR) is 41.3 cm³/mol. The van der Waals surface area contributed by atoms with Gasteiger partial charge in [-0.05, 0) is 24.8 Å². The molecule has 1 aliphatic carbocycles. The van der Waals surface area contributed by atoms with Gasteiger partial charge in [0.25, 0.3) is 0 Å². The van der Waals surface area contributed by atoms with Crippen LogP contribution in [0.5, 0.6) is 0 Å². The quantitative estimate of drug-likeness (QED) is 0.479. The molecule has 1 heterocycles. The van der Waals surface area contributed by atoms with Gasteiger partial charge in [-0.2, -0.15) is 0 Å². The summed E-state index contributed by atoms with van der Waals surface area (Å²) in [7, 11) is 0. The van der Waals surface area contributed by atoms with Crippen molar-refractivity contribution >= 4 is 0 Å². The van der Waals surface area contributed by atoms with Crippen molar-refractivity contribution in [2.75, 3.05) is 0 Å². The van der Waals surface area contributed by atoms with Crippen LogP contribution < -0.4 is 5.32 Å². The number of nitrogens with zero attached hydrogens (tertiary/aromatic N) is 1. The van der Waals surface area contributed by atoms with Crippen molar-refractivity contribution in [3.63, 3.8) is 0 Å². The van der Waals surface area contributed by atoms with Crippen molar-refractivity contribution in [3.8, 4) is 0 Å². The van der Waals surface area contributed by atoms with E-state index in [-0.39, 0.29) is 0 Å². The molecule has 0 bridgehead atoms. The lowest BCUT2D eigenvalue weighted by Crippen LogP contribution is -2.06. The first-order chi connectivity index (χ1) is 4.97. The first kappa shape index (κ1) is 5.78. The number of hydrogen-bond acceptors (Lipinski definition) is 0. The summed E-state index contributed by atoms with van der Waals surface area (Å²) in [5, 5.41) is 4.30. The van der Waals surface area contributed by atoms with Crippen molar-refractivity contribution in [2.45, 2.75) is 19.3 Å². The monoisotopic (exact) mass is 132 g/mol. The topological polar surface area (TPSA) is 14.1 Å². The molecule has 0 saturated heterocycles. The van der Waals surface area contributed by atoms with Gasteiger partial charge in [0.2, 0.25) is 0 Å². The van der Waals surface area contributed by atoms with E-state index in [1.54, 1.807) is 0 Å². The molecule has 0 N–H and O–H groups in total. The highest BCUT2D eigenvalue weighted by Gasteiger charge is 2.09. The smallest absolute Gasteiger partial charge is 0.0441 e. The van der Waals surface area contributed by atoms with E-state index in [4.69, 9.17) is 0 Å². The maximum Gasteiger partial charge on any atom is 0.0441 e. The molecule has 0 aromatic heterocycles. The minimum absolute atomic E-state index is 1.08. The van der Waals surface area contributed by atoms with Crippen LogP contribution >= 0.6 is 0 Å². The Morgan fingerprint density at radius 3 is 3.20 bits per heavy atom. The summed E-state index contributed by atoms with van der Waals surface area (Å²) in [5.41, 5.74) is 2.71. The highest BCUT2D eigenvalue weighted by atomic mass is 14.9. The zero-order valence-electron chi connectivity index (χ0n) is 5.88. The fourth-order valence-electron chi connectivity index (χ4n) is 1.36. The normalized spacial score (nSPS) is 22.4. The summed E-state index contributed by atoms with van der Waals surface area (Å²) in [6.45, 7) is 0. The number of rotatable bonds is 0. The van der Waals surface area contributed by atoms with Gasteiger partial charge in [-0.25, -0.2) is 0 Å². The molecule has 0 unspecified atom stereocenters. The fraction of sp³-hybridized carbons (Fsp3) is 0.333. The summed E-state index contributed by atoms with van der Waals surface area (Å²) in [6.07, 6.45) is 11.8. The van der Waals surface area contributed by atoms with Crippen LogP contribution in [0.15, 0.2) is 35.7 Å². The zero-order chi connectivity index (χ0) is 6.81. The van der Waals surface area contributed by atoms with Gasteiger partial charge in [0.1, 0.15) is 0 Å². The van der Waals surface area contributed by atoms with E-state index < -0.39 is 0 Å². The van der Waals surface area contributed by atoms with Crippen LogP contribution in [-0.2, 0) is 0 Å². The van der Waals surface area contributed by atoms with Gasteiger partial charge in [0, 0.05) is 11.9 Å². The van der Waals surface area contributed by atoms with Crippen molar-refractivity contribution in [1.82, 2.24) is 5.32 Å². The Morgan fingerprint density at radius 2 is 2.30 bits per heavy atom. The maximum atomic E-state index is 4.30. The molecule has 1 heteroatoms. The number of hydrogen-bond donors (Lipinski definition) is 0. The van der Waals surface area contributed by atoms with Crippen LogP contribution in [0.2, 0.25) is 0 Å². The molecule has 0 atom stereocenters. The maximum absolute atomic E-state index is 4.30. The molecule has 1 radical (unpaired) electrons. The summed E-state index contributed by atoms with van der Waals surface area (Å²) in [6, 6.07) is 0. The van der Waals surface area contributed by atoms with Gasteiger partial charge in [0.05, 0.1) is 0 Å². The molecule has 51 valence electrons. The molecule has 0 amide bonds. The largest absolute Gasteiger partial charge is 0.261 e. The molecule has 0 spiro atoms. The average Bonchev–Trinajstić information content (AvgIpc) is 2.05. The lowest BCUT2D eigenvalue weighted by atomic mass is 9.99. The van der Waals surface area contributed by atoms with Gasteiger partial charge in [0.15, 0.2) is 0 Å². The third-order valence-electron chi connectivity index (χ3n) is 1.91. The summed E-state index contributed by atoms with van der Waals surface area (Å²) >= 11 is 0. The Balaban J connectivity index is 2.25. The van der Waals surface area contributed by atoms with Crippen molar-refractivity contribution < 1.29 is 0 Å². The molecule has 2 aliphatic rings. The van der Waals surface area contributed by atoms with Crippen LogP contribution in [0.4, 0.5) is 0 Å². The second-order valence-electron chi connectivity index (χ2n) is 2.63. The van der Waals surface area contributed by atoms with E-state index in [2.05, 4.69) is 23.5 Å². The van der Waals surface area contributed by atoms with Gasteiger partial charge >= 0.3 is 0 Å². The van der Waals surface area contributed by atoms with Crippen LogP contribution in [0, 0.1) is 0 Å². The second-order valence-corrected chi connectivity index (χ2v) is 2.63. The Hall–Kier alpha value is -0.980. The van der Waals surface area contributed by atoms with Gasteiger partial charge < -0.3 is 0 Å². The molecule has 1 aliphatic heterocycles. The molecule has 0 saturated carbocycles. The van der Waals surface area contributed by atoms with Gasteiger partial charge in [-0.1, -0.05) is 18.2 Å². The molecule has 0 aromatic rings. The van der Waals surface area contributed by atoms with Crippen molar-refractivity contribution in [2.24, 2.45) is 0 Å². The molecule has 2 rings (SSSR count). The highest BCUT2D eigenvalue weighted by Crippen LogP contribution is 2.22. The lowest BCUT2D eigenvalue weighted by Gasteiger charge is -2.15. The molecular weight excluding hydrogens is 122 g/mol. The Morgan fingerprint density at radius 1 is 1.30 bits per heavy atom. The first-order valence-electron chi connectivity index (χ1n) is 3.71. The van der Waals surface area contributed by atoms with E-state index >= 15 is 0 Å². The van der Waals surface area contributed by atoms with Crippen LogP contribution in [0.25, 0.3) is 0 Å². The molecule has 0 fully saturated rings. The Kier molecular flexibility index (Phi) is 1.35. The Labute approximate surface area is 61.1 Å². The zero-order valence-corrected chi connectivity index (χ0v) is 5.88. The SMILES string of the molecule is C1=CC2=C(CC1)[N]C=CC2. The van der Waals surface area contributed by atoms with E-state index in [9.17, 15) is 0 Å². The van der Waals surface area contributed by atoms with Crippen LogP contribution in [0.1, 0.15) is 19.3 Å². The Bertz CT molecular complexity index is 221. The highest BCUT2D eigenvalue weighted by molar-refractivity contribution is 5.33. The van der Waals surface area contributed by atoms with E-state index in [0.717, 1.165) is 19.3 Å². The van der Waals surface area contributed by atoms with Crippen LogP contribution in [-0.4, -0.2) is 0 Å². The van der Waals surface area contributed by atoms with E-state index in [1.165, 1.54) is 11.3 Å². The lowest BCUT2D eigenvalue weighted by molar-refractivity contribution is 0.814. The summed E-state index contributed by atoms with van der Waals surface area (Å²) in [4.78, 5) is 0. The molecular formula is C9H10N. The average molecular weight is 132 g/mol. The van der Waals surface area contributed by atoms with Crippen molar-refractivity contribution in [1.29, 1.82) is 0 Å². The first-order valence-corrected chi connectivity index (χ1v) is 3.71. The fourth-order valence-corrected chi connectivity index (χ4v) is 1.36. The van der Waals surface area contributed by atoms with E-state index in [1.807, 2.05) is 6.20 Å². The summed E-state index contributed by atoms with van der Waals surface area (Å²) in [5.74, 6) is 0. The van der Waals surface area contributed by atoms with Crippen LogP contribution in [0.3, 0.4) is 0 Å². The molecule has 0 aromatic carbocycles.